The summed E-state index contributed by atoms with van der Waals surface area (Å²) in [7, 11) is 1.57. The molecule has 4 heterocycles. The highest BCUT2D eigenvalue weighted by molar-refractivity contribution is 6.04. The number of amides is 2. The van der Waals surface area contributed by atoms with E-state index >= 15 is 0 Å². The molecule has 0 aliphatic carbocycles. The Bertz CT molecular complexity index is 1520. The molecule has 1 atom stereocenters. The number of aromatic nitrogens is 4. The van der Waals surface area contributed by atoms with Crippen LogP contribution < -0.4 is 11.1 Å². The summed E-state index contributed by atoms with van der Waals surface area (Å²) >= 11 is 0. The lowest BCUT2D eigenvalue weighted by Gasteiger charge is -2.22. The summed E-state index contributed by atoms with van der Waals surface area (Å²) in [6.45, 7) is 0.977. The molecular weight excluding hydrogens is 489 g/mol. The maximum absolute atomic E-state index is 13.4. The Morgan fingerprint density at radius 3 is 2.79 bits per heavy atom. The van der Waals surface area contributed by atoms with E-state index in [1.54, 1.807) is 54.7 Å². The second-order valence-electron chi connectivity index (χ2n) is 8.79. The molecule has 1 fully saturated rings. The predicted molar refractivity (Wildman–Crippen MR) is 140 cm³/mol. The molecule has 38 heavy (non-hydrogen) atoms. The Hall–Kier alpha value is -4.64. The zero-order chi connectivity index (χ0) is 26.6. The number of anilines is 2. The first kappa shape index (κ1) is 25.0. The van der Waals surface area contributed by atoms with Crippen molar-refractivity contribution in [2.45, 2.75) is 18.9 Å². The van der Waals surface area contributed by atoms with Gasteiger partial charge >= 0.3 is 0 Å². The number of likely N-dealkylation sites (tertiary alicyclic amines) is 1. The van der Waals surface area contributed by atoms with Gasteiger partial charge < -0.3 is 20.7 Å². The monoisotopic (exact) mass is 515 g/mol. The van der Waals surface area contributed by atoms with Crippen molar-refractivity contribution in [1.82, 2.24) is 24.3 Å². The fourth-order valence-electron chi connectivity index (χ4n) is 4.60. The number of fused-ring (bicyclic) bond motifs is 1. The topological polar surface area (TPSA) is 128 Å². The number of nitrogens with two attached hydrogens (primary N) is 1. The van der Waals surface area contributed by atoms with E-state index in [1.165, 1.54) is 18.3 Å². The molecule has 4 aromatic rings. The minimum absolute atomic E-state index is 0.104. The highest BCUT2D eigenvalue weighted by Gasteiger charge is 2.33. The van der Waals surface area contributed by atoms with E-state index < -0.39 is 11.7 Å². The van der Waals surface area contributed by atoms with Crippen molar-refractivity contribution in [3.8, 4) is 11.3 Å². The van der Waals surface area contributed by atoms with E-state index in [1.807, 2.05) is 4.40 Å². The van der Waals surface area contributed by atoms with Gasteiger partial charge in [0.2, 0.25) is 5.91 Å². The van der Waals surface area contributed by atoms with Crippen molar-refractivity contribution in [2.75, 3.05) is 31.3 Å². The van der Waals surface area contributed by atoms with E-state index in [4.69, 9.17) is 15.5 Å². The summed E-state index contributed by atoms with van der Waals surface area (Å²) in [6, 6.07) is 8.93. The predicted octanol–water partition coefficient (Wildman–Crippen LogP) is 3.63. The van der Waals surface area contributed by atoms with Crippen LogP contribution in [0.1, 0.15) is 35.1 Å². The summed E-state index contributed by atoms with van der Waals surface area (Å²) in [6.07, 6.45) is 9.50. The van der Waals surface area contributed by atoms with E-state index in [-0.39, 0.29) is 17.8 Å². The number of nitrogens with one attached hydrogen (secondary N) is 1. The minimum Gasteiger partial charge on any atom is -0.382 e. The van der Waals surface area contributed by atoms with Gasteiger partial charge in [0.05, 0.1) is 12.6 Å². The Labute approximate surface area is 218 Å². The molecule has 1 aliphatic rings. The SMILES string of the molecule is COC/C=C/C(=O)N1CCC[C@H]1c1nc(-c2ccc(C(=O)Nc3cc(F)ccn3)cc2)c2c(N)nccn12. The van der Waals surface area contributed by atoms with Crippen LogP contribution in [0.5, 0.6) is 0 Å². The Morgan fingerprint density at radius 2 is 2.03 bits per heavy atom. The maximum Gasteiger partial charge on any atom is 0.256 e. The molecular formula is C27H26FN7O3. The number of nitrogen functional groups attached to an aromatic ring is 1. The van der Waals surface area contributed by atoms with Gasteiger partial charge in [0, 0.05) is 55.5 Å². The van der Waals surface area contributed by atoms with Crippen LogP contribution >= 0.6 is 0 Å². The highest BCUT2D eigenvalue weighted by Crippen LogP contribution is 2.36. The van der Waals surface area contributed by atoms with Crippen molar-refractivity contribution in [1.29, 1.82) is 0 Å². The van der Waals surface area contributed by atoms with Crippen LogP contribution in [-0.4, -0.2) is 56.3 Å². The number of nitrogens with zero attached hydrogens (tertiary/aromatic N) is 5. The van der Waals surface area contributed by atoms with Crippen molar-refractivity contribution in [3.63, 3.8) is 0 Å². The number of halogens is 1. The van der Waals surface area contributed by atoms with Crippen molar-refractivity contribution >= 4 is 29.0 Å². The third kappa shape index (κ3) is 4.96. The van der Waals surface area contributed by atoms with Gasteiger partial charge in [-0.2, -0.15) is 0 Å². The Kier molecular flexibility index (Phi) is 7.09. The molecule has 194 valence electrons. The third-order valence-corrected chi connectivity index (χ3v) is 6.35. The normalized spacial score (nSPS) is 15.4. The summed E-state index contributed by atoms with van der Waals surface area (Å²) in [5.74, 6) is 0.0920. The zero-order valence-corrected chi connectivity index (χ0v) is 20.7. The van der Waals surface area contributed by atoms with Gasteiger partial charge in [0.1, 0.15) is 34.5 Å². The molecule has 3 N–H and O–H groups in total. The second-order valence-corrected chi connectivity index (χ2v) is 8.79. The third-order valence-electron chi connectivity index (χ3n) is 6.35. The van der Waals surface area contributed by atoms with Crippen LogP contribution in [0.3, 0.4) is 0 Å². The van der Waals surface area contributed by atoms with Crippen LogP contribution in [0.2, 0.25) is 0 Å². The fraction of sp³-hybridized carbons (Fsp3) is 0.222. The smallest absolute Gasteiger partial charge is 0.256 e. The van der Waals surface area contributed by atoms with E-state index in [9.17, 15) is 14.0 Å². The standard InChI is InChI=1S/C27H26FN7O3/c1-38-15-3-5-22(36)34-13-2-4-20(34)26-33-23(24-25(29)31-12-14-35(24)26)17-6-8-18(9-7-17)27(37)32-21-16-19(28)10-11-30-21/h3,5-12,14,16,20H,2,4,13,15H2,1H3,(H2,29,31)(H,30,32,37)/b5-3+/t20-/m0/s1. The first-order chi connectivity index (χ1) is 18.5. The number of ether oxygens (including phenoxy) is 1. The van der Waals surface area contributed by atoms with Gasteiger partial charge in [-0.25, -0.2) is 19.3 Å². The lowest BCUT2D eigenvalue weighted by molar-refractivity contribution is -0.127. The van der Waals surface area contributed by atoms with E-state index in [0.717, 1.165) is 24.5 Å². The molecule has 5 rings (SSSR count). The molecule has 0 unspecified atom stereocenters. The second kappa shape index (κ2) is 10.8. The summed E-state index contributed by atoms with van der Waals surface area (Å²) in [5, 5.41) is 2.58. The van der Waals surface area contributed by atoms with Crippen LogP contribution in [0.25, 0.3) is 16.8 Å². The van der Waals surface area contributed by atoms with Crippen LogP contribution in [0, 0.1) is 5.82 Å². The molecule has 0 spiro atoms. The van der Waals surface area contributed by atoms with Crippen LogP contribution in [0.15, 0.2) is 67.1 Å². The van der Waals surface area contributed by atoms with E-state index in [2.05, 4.69) is 15.3 Å². The molecule has 11 heteroatoms. The average Bonchev–Trinajstić information content (AvgIpc) is 3.55. The zero-order valence-electron chi connectivity index (χ0n) is 20.7. The molecule has 1 aromatic carbocycles. The number of carbonyl (C=O) groups excluding carboxylic acids is 2. The number of hydrogen-bond donors (Lipinski definition) is 2. The lowest BCUT2D eigenvalue weighted by atomic mass is 10.1. The van der Waals surface area contributed by atoms with Gasteiger partial charge in [0.15, 0.2) is 0 Å². The molecule has 2 amide bonds. The van der Waals surface area contributed by atoms with Crippen molar-refractivity contribution in [3.05, 3.63) is 84.3 Å². The fourth-order valence-corrected chi connectivity index (χ4v) is 4.60. The number of pyridine rings is 1. The molecule has 1 aliphatic heterocycles. The largest absolute Gasteiger partial charge is 0.382 e. The van der Waals surface area contributed by atoms with Gasteiger partial charge in [-0.05, 0) is 31.0 Å². The number of carbonyl (C=O) groups is 2. The molecule has 0 saturated carbocycles. The van der Waals surface area contributed by atoms with Gasteiger partial charge in [-0.3, -0.25) is 14.0 Å². The lowest BCUT2D eigenvalue weighted by Crippen LogP contribution is -2.30. The first-order valence-electron chi connectivity index (χ1n) is 12.1. The Morgan fingerprint density at radius 1 is 1.21 bits per heavy atom. The number of imidazole rings is 1. The van der Waals surface area contributed by atoms with Crippen molar-refractivity contribution < 1.29 is 18.7 Å². The highest BCUT2D eigenvalue weighted by atomic mass is 19.1. The quantitative estimate of drug-likeness (QED) is 0.360. The van der Waals surface area contributed by atoms with Crippen LogP contribution in [0.4, 0.5) is 16.0 Å². The summed E-state index contributed by atoms with van der Waals surface area (Å²) in [4.78, 5) is 40.4. The molecule has 3 aromatic heterocycles. The van der Waals surface area contributed by atoms with Crippen LogP contribution in [-0.2, 0) is 9.53 Å². The summed E-state index contributed by atoms with van der Waals surface area (Å²) in [5.41, 5.74) is 8.59. The Balaban J connectivity index is 1.46. The maximum atomic E-state index is 13.4. The van der Waals surface area contributed by atoms with E-state index in [0.29, 0.717) is 41.6 Å². The molecule has 10 nitrogen and oxygen atoms in total. The number of benzene rings is 1. The number of hydrogen-bond acceptors (Lipinski definition) is 7. The number of rotatable bonds is 7. The number of methoxy groups -OCH3 is 1. The summed E-state index contributed by atoms with van der Waals surface area (Å²) < 4.78 is 20.3. The van der Waals surface area contributed by atoms with Gasteiger partial charge in [0.25, 0.3) is 5.91 Å². The van der Waals surface area contributed by atoms with Crippen molar-refractivity contribution in [2.24, 2.45) is 0 Å². The average molecular weight is 516 g/mol. The first-order valence-corrected chi connectivity index (χ1v) is 12.1. The molecule has 0 bridgehead atoms. The molecule has 1 saturated heterocycles. The van der Waals surface area contributed by atoms with Gasteiger partial charge in [-0.1, -0.05) is 18.2 Å². The molecule has 0 radical (unpaired) electrons. The minimum atomic E-state index is -0.493. The van der Waals surface area contributed by atoms with Gasteiger partial charge in [-0.15, -0.1) is 0 Å².